The molecular weight excluding hydrogens is 210 g/mol. The number of amides is 1. The summed E-state index contributed by atoms with van der Waals surface area (Å²) in [6, 6.07) is -0.221. The summed E-state index contributed by atoms with van der Waals surface area (Å²) < 4.78 is 8.99. The molecule has 1 saturated heterocycles. The Balaban J connectivity index is 2.08. The fraction of sp³-hybridized carbons (Fsp3) is 0.750. The lowest BCUT2D eigenvalue weighted by Gasteiger charge is -2.14. The molecule has 0 N–H and O–H groups in total. The number of rotatable bonds is 4. The topological polar surface area (TPSA) is 55.8 Å². The largest absolute Gasteiger partial charge is 0.509 e. The van der Waals surface area contributed by atoms with Gasteiger partial charge in [-0.05, 0) is 6.42 Å². The second-order valence-corrected chi connectivity index (χ2v) is 3.05. The number of nitrogens with zero attached hydrogens (tertiary/aromatic N) is 1. The Bertz CT molecular complexity index is 221. The molecule has 0 radical (unpaired) electrons. The molecule has 14 heavy (non-hydrogen) atoms. The highest BCUT2D eigenvalue weighted by molar-refractivity contribution is 6.17. The quantitative estimate of drug-likeness (QED) is 0.524. The highest BCUT2D eigenvalue weighted by atomic mass is 35.5. The molecule has 80 valence electrons. The van der Waals surface area contributed by atoms with E-state index in [9.17, 15) is 9.59 Å². The first-order valence-electron chi connectivity index (χ1n) is 4.37. The van der Waals surface area contributed by atoms with Crippen LogP contribution in [0.4, 0.5) is 4.79 Å². The summed E-state index contributed by atoms with van der Waals surface area (Å²) in [7, 11) is 0. The van der Waals surface area contributed by atoms with Gasteiger partial charge in [-0.15, -0.1) is 0 Å². The SMILES string of the molecule is O=C(OCCl)OCCN1CCCC1=O. The number of ether oxygens (including phenoxy) is 2. The van der Waals surface area contributed by atoms with Crippen LogP contribution in [0.1, 0.15) is 12.8 Å². The first-order valence-corrected chi connectivity index (χ1v) is 4.91. The number of hydrogen-bond donors (Lipinski definition) is 0. The van der Waals surface area contributed by atoms with Gasteiger partial charge in [0.2, 0.25) is 5.91 Å². The number of hydrogen-bond acceptors (Lipinski definition) is 4. The Morgan fingerprint density at radius 1 is 1.50 bits per heavy atom. The van der Waals surface area contributed by atoms with Crippen molar-refractivity contribution in [3.63, 3.8) is 0 Å². The minimum Gasteiger partial charge on any atom is -0.432 e. The van der Waals surface area contributed by atoms with Crippen molar-refractivity contribution < 1.29 is 19.1 Å². The minimum absolute atomic E-state index is 0.110. The smallest absolute Gasteiger partial charge is 0.432 e. The first-order chi connectivity index (χ1) is 6.74. The summed E-state index contributed by atoms with van der Waals surface area (Å²) in [5.41, 5.74) is 0. The molecule has 5 nitrogen and oxygen atoms in total. The summed E-state index contributed by atoms with van der Waals surface area (Å²) in [4.78, 5) is 23.4. The highest BCUT2D eigenvalue weighted by Gasteiger charge is 2.19. The Morgan fingerprint density at radius 3 is 2.86 bits per heavy atom. The lowest BCUT2D eigenvalue weighted by molar-refractivity contribution is -0.128. The van der Waals surface area contributed by atoms with Gasteiger partial charge in [-0.25, -0.2) is 4.79 Å². The normalized spacial score (nSPS) is 15.8. The van der Waals surface area contributed by atoms with Gasteiger partial charge in [0.15, 0.2) is 6.07 Å². The maximum absolute atomic E-state index is 11.1. The van der Waals surface area contributed by atoms with E-state index in [1.807, 2.05) is 0 Å². The summed E-state index contributed by atoms with van der Waals surface area (Å²) in [6.45, 7) is 1.32. The summed E-state index contributed by atoms with van der Waals surface area (Å²) in [5, 5.41) is 0. The first kappa shape index (κ1) is 11.1. The van der Waals surface area contributed by atoms with Crippen LogP contribution in [0.2, 0.25) is 0 Å². The van der Waals surface area contributed by atoms with Crippen LogP contribution in [0.15, 0.2) is 0 Å². The number of carbonyl (C=O) groups excluding carboxylic acids is 2. The van der Waals surface area contributed by atoms with E-state index in [0.29, 0.717) is 13.0 Å². The molecule has 0 unspecified atom stereocenters. The molecule has 0 aromatic carbocycles. The van der Waals surface area contributed by atoms with Crippen molar-refractivity contribution >= 4 is 23.7 Å². The van der Waals surface area contributed by atoms with Crippen LogP contribution in [0.5, 0.6) is 0 Å². The van der Waals surface area contributed by atoms with Crippen molar-refractivity contribution in [2.45, 2.75) is 12.8 Å². The zero-order valence-electron chi connectivity index (χ0n) is 7.70. The van der Waals surface area contributed by atoms with Crippen molar-refractivity contribution in [3.8, 4) is 0 Å². The van der Waals surface area contributed by atoms with Crippen LogP contribution in [-0.2, 0) is 14.3 Å². The summed E-state index contributed by atoms with van der Waals surface area (Å²) in [5.74, 6) is 0.110. The molecule has 0 aromatic rings. The third-order valence-corrected chi connectivity index (χ3v) is 2.03. The van der Waals surface area contributed by atoms with Crippen LogP contribution < -0.4 is 0 Å². The lowest BCUT2D eigenvalue weighted by Crippen LogP contribution is -2.29. The number of halogens is 1. The van der Waals surface area contributed by atoms with Crippen LogP contribution in [-0.4, -0.2) is 42.7 Å². The molecule has 1 fully saturated rings. The molecule has 1 amide bonds. The van der Waals surface area contributed by atoms with Gasteiger partial charge < -0.3 is 14.4 Å². The number of carbonyl (C=O) groups is 2. The van der Waals surface area contributed by atoms with E-state index in [4.69, 9.17) is 11.6 Å². The van der Waals surface area contributed by atoms with Gasteiger partial charge in [-0.3, -0.25) is 4.79 Å². The molecule has 1 heterocycles. The Hall–Kier alpha value is -0.970. The summed E-state index contributed by atoms with van der Waals surface area (Å²) in [6.07, 6.45) is 0.670. The van der Waals surface area contributed by atoms with Crippen molar-refractivity contribution in [2.75, 3.05) is 25.8 Å². The molecule has 1 aliphatic heterocycles. The van der Waals surface area contributed by atoms with Crippen molar-refractivity contribution in [2.24, 2.45) is 0 Å². The van der Waals surface area contributed by atoms with Gasteiger partial charge in [0.1, 0.15) is 6.61 Å². The molecular formula is C8H12ClNO4. The molecule has 1 rings (SSSR count). The molecule has 0 atom stereocenters. The zero-order valence-corrected chi connectivity index (χ0v) is 8.46. The van der Waals surface area contributed by atoms with E-state index in [1.54, 1.807) is 4.90 Å². The van der Waals surface area contributed by atoms with E-state index >= 15 is 0 Å². The number of likely N-dealkylation sites (tertiary alicyclic amines) is 1. The third kappa shape index (κ3) is 3.41. The van der Waals surface area contributed by atoms with Crippen LogP contribution >= 0.6 is 11.6 Å². The molecule has 1 aliphatic rings. The predicted molar refractivity (Wildman–Crippen MR) is 49.0 cm³/mol. The van der Waals surface area contributed by atoms with E-state index in [2.05, 4.69) is 9.47 Å². The lowest BCUT2D eigenvalue weighted by atomic mass is 10.4. The van der Waals surface area contributed by atoms with Crippen molar-refractivity contribution in [1.29, 1.82) is 0 Å². The number of alkyl halides is 1. The van der Waals surface area contributed by atoms with Crippen LogP contribution in [0.3, 0.4) is 0 Å². The molecule has 6 heteroatoms. The molecule has 0 aliphatic carbocycles. The predicted octanol–water partition coefficient (Wildman–Crippen LogP) is 0.958. The van der Waals surface area contributed by atoms with Gasteiger partial charge >= 0.3 is 6.16 Å². The van der Waals surface area contributed by atoms with Gasteiger partial charge in [0.05, 0.1) is 6.54 Å². The average Bonchev–Trinajstić information content (AvgIpc) is 2.52. The Kier molecular flexibility index (Phi) is 4.52. The Labute approximate surface area is 86.9 Å². The van der Waals surface area contributed by atoms with Crippen molar-refractivity contribution in [3.05, 3.63) is 0 Å². The highest BCUT2D eigenvalue weighted by Crippen LogP contribution is 2.08. The average molecular weight is 222 g/mol. The molecule has 0 saturated carbocycles. The third-order valence-electron chi connectivity index (χ3n) is 1.92. The maximum Gasteiger partial charge on any atom is 0.509 e. The fourth-order valence-electron chi connectivity index (χ4n) is 1.27. The van der Waals surface area contributed by atoms with E-state index in [-0.39, 0.29) is 18.6 Å². The van der Waals surface area contributed by atoms with Crippen LogP contribution in [0.25, 0.3) is 0 Å². The van der Waals surface area contributed by atoms with E-state index < -0.39 is 6.16 Å². The van der Waals surface area contributed by atoms with Gasteiger partial charge in [-0.2, -0.15) is 0 Å². The monoisotopic (exact) mass is 221 g/mol. The molecule has 0 bridgehead atoms. The van der Waals surface area contributed by atoms with Gasteiger partial charge in [0.25, 0.3) is 0 Å². The second-order valence-electron chi connectivity index (χ2n) is 2.84. The van der Waals surface area contributed by atoms with Crippen molar-refractivity contribution in [1.82, 2.24) is 4.90 Å². The zero-order chi connectivity index (χ0) is 10.4. The minimum atomic E-state index is -0.799. The Morgan fingerprint density at radius 2 is 2.29 bits per heavy atom. The fourth-order valence-corrected chi connectivity index (χ4v) is 1.35. The van der Waals surface area contributed by atoms with Gasteiger partial charge in [-0.1, -0.05) is 11.6 Å². The summed E-state index contributed by atoms with van der Waals surface area (Å²) >= 11 is 5.14. The van der Waals surface area contributed by atoms with Gasteiger partial charge in [0, 0.05) is 13.0 Å². The second kappa shape index (κ2) is 5.70. The molecule has 0 spiro atoms. The molecule has 0 aromatic heterocycles. The van der Waals surface area contributed by atoms with E-state index in [1.165, 1.54) is 0 Å². The van der Waals surface area contributed by atoms with Crippen LogP contribution in [0, 0.1) is 0 Å². The maximum atomic E-state index is 11.1. The standard InChI is InChI=1S/C8H12ClNO4/c9-6-14-8(12)13-5-4-10-3-1-2-7(10)11/h1-6H2. The van der Waals surface area contributed by atoms with E-state index in [0.717, 1.165) is 13.0 Å².